The van der Waals surface area contributed by atoms with Crippen molar-refractivity contribution < 1.29 is 48.4 Å². The molecule has 1 unspecified atom stereocenters. The van der Waals surface area contributed by atoms with E-state index in [4.69, 9.17) is 14.2 Å². The van der Waals surface area contributed by atoms with Crippen LogP contribution in [-0.2, 0) is 56.9 Å². The van der Waals surface area contributed by atoms with E-state index in [0.29, 0.717) is 47.0 Å². The van der Waals surface area contributed by atoms with E-state index in [1.54, 1.807) is 50.3 Å². The number of rotatable bonds is 32. The number of aliphatic imine (C=N–C) groups is 1. The third-order valence-electron chi connectivity index (χ3n) is 14.6. The van der Waals surface area contributed by atoms with Crippen LogP contribution < -0.4 is 26.9 Å². The first-order valence-electron chi connectivity index (χ1n) is 27.1. The normalized spacial score (nSPS) is 17.7. The zero-order valence-corrected chi connectivity index (χ0v) is 47.7. The van der Waals surface area contributed by atoms with E-state index < -0.39 is 78.9 Å². The average Bonchev–Trinajstić information content (AvgIpc) is 4.12. The first-order chi connectivity index (χ1) is 37.7. The van der Waals surface area contributed by atoms with Crippen molar-refractivity contribution in [1.29, 1.82) is 0 Å². The van der Waals surface area contributed by atoms with Crippen molar-refractivity contribution in [2.24, 2.45) is 16.8 Å². The number of ether oxygens (including phenoxy) is 3. The second kappa shape index (κ2) is 28.2. The molecule has 4 atom stereocenters. The summed E-state index contributed by atoms with van der Waals surface area (Å²) in [5.41, 5.74) is 3.64. The van der Waals surface area contributed by atoms with Gasteiger partial charge in [-0.25, -0.2) is 14.8 Å². The Morgan fingerprint density at radius 2 is 1.78 bits per heavy atom. The second-order valence-electron chi connectivity index (χ2n) is 20.8. The average molecular weight is 1120 g/mol. The summed E-state index contributed by atoms with van der Waals surface area (Å²) in [6.45, 7) is 18.7. The molecule has 2 aliphatic heterocycles. The highest BCUT2D eigenvalue weighted by atomic mass is 32.2. The SMILES string of the molecule is C=C(CC(CN(CC)C(=O)COCNC(=O)CNC(=O)[C@H](CCCCN(C)C)NC(=O)[C@@H](Nn1cc(-c2cnc(SC(CC)(CC)C3CC3)nc2)nn1)C(C)C)OCO)N=C1C(=C)Cn2c1cc1c(c2=O)COC(=O)[C@]1(O)CC. The number of amides is 4. The van der Waals surface area contributed by atoms with Crippen molar-refractivity contribution in [2.75, 3.05) is 65.8 Å². The zero-order chi connectivity index (χ0) is 57.6. The van der Waals surface area contributed by atoms with Gasteiger partial charge in [0.2, 0.25) is 23.6 Å². The number of aromatic nitrogens is 6. The number of allylic oxidation sites excluding steroid dienone is 1. The van der Waals surface area contributed by atoms with Crippen LogP contribution in [0.5, 0.6) is 0 Å². The number of hydrogen-bond acceptors (Lipinski definition) is 19. The Morgan fingerprint density at radius 3 is 2.42 bits per heavy atom. The molecule has 25 heteroatoms. The number of thioether (sulfide) groups is 1. The standard InChI is InChI=1S/C54H79N13O11S/c1-11-53(12-2,37-18-19-37)79-52-56-23-36(24-57-52)42-28-67(63-61-42)62-46(33(5)6)49(72)60-41(17-15-16-20-64(9)10)48(71)55-25-44(69)58-31-76-30-45(70)65(14-4)27-38(78-32-68)21-35(8)59-47-34(7)26-66-43(47)22-40-39(50(66)73)29-77-51(74)54(40,75)13-3/h22-24,28,33,37-38,41,46,62,68,75H,7-8,11-21,25-27,29-32H2,1-6,9-10H3,(H,55,71)(H,58,69)(H,60,72)/t38?,41-,46-,54-/m0/s1. The van der Waals surface area contributed by atoms with Crippen LogP contribution in [0.25, 0.3) is 11.3 Å². The van der Waals surface area contributed by atoms with Crippen LogP contribution in [0.15, 0.2) is 64.0 Å². The van der Waals surface area contributed by atoms with E-state index >= 15 is 0 Å². The number of cyclic esters (lactones) is 1. The van der Waals surface area contributed by atoms with E-state index in [0.717, 1.165) is 31.0 Å². The number of nitrogens with zero attached hydrogens (tertiary/aromatic N) is 9. The van der Waals surface area contributed by atoms with E-state index in [-0.39, 0.29) is 73.3 Å². The molecule has 4 amide bonds. The van der Waals surface area contributed by atoms with Crippen molar-refractivity contribution in [3.05, 3.63) is 76.3 Å². The monoisotopic (exact) mass is 1120 g/mol. The number of aliphatic hydroxyl groups excluding tert-OH is 1. The lowest BCUT2D eigenvalue weighted by Gasteiger charge is -2.31. The maximum absolute atomic E-state index is 13.9. The second-order valence-corrected chi connectivity index (χ2v) is 22.1. The molecule has 3 aliphatic rings. The Bertz CT molecular complexity index is 2760. The molecular weight excluding hydrogens is 1040 g/mol. The summed E-state index contributed by atoms with van der Waals surface area (Å²) in [4.78, 5) is 98.6. The van der Waals surface area contributed by atoms with Gasteiger partial charge in [-0.05, 0) is 108 Å². The van der Waals surface area contributed by atoms with Crippen LogP contribution >= 0.6 is 11.8 Å². The molecule has 3 aromatic rings. The minimum Gasteiger partial charge on any atom is -0.458 e. The molecule has 432 valence electrons. The maximum Gasteiger partial charge on any atom is 0.343 e. The van der Waals surface area contributed by atoms with Gasteiger partial charge in [0.05, 0.1) is 42.4 Å². The number of carbonyl (C=O) groups excluding carboxylic acids is 5. The fourth-order valence-electron chi connectivity index (χ4n) is 9.72. The van der Waals surface area contributed by atoms with Gasteiger partial charge >= 0.3 is 5.97 Å². The minimum absolute atomic E-state index is 0.00326. The van der Waals surface area contributed by atoms with E-state index in [2.05, 4.69) is 73.7 Å². The molecule has 3 aromatic heterocycles. The Labute approximate surface area is 465 Å². The summed E-state index contributed by atoms with van der Waals surface area (Å²) in [6, 6.07) is -0.236. The number of esters is 1. The molecule has 1 fully saturated rings. The molecule has 0 radical (unpaired) electrons. The summed E-state index contributed by atoms with van der Waals surface area (Å²) in [5, 5.41) is 38.2. The molecular formula is C54H79N13O11S. The smallest absolute Gasteiger partial charge is 0.343 e. The molecule has 0 aromatic carbocycles. The summed E-state index contributed by atoms with van der Waals surface area (Å²) in [5.74, 6) is -2.45. The minimum atomic E-state index is -2.00. The molecule has 24 nitrogen and oxygen atoms in total. The molecule has 0 bridgehead atoms. The van der Waals surface area contributed by atoms with E-state index in [9.17, 15) is 39.0 Å². The Morgan fingerprint density at radius 1 is 1.06 bits per heavy atom. The predicted molar refractivity (Wildman–Crippen MR) is 296 cm³/mol. The van der Waals surface area contributed by atoms with Crippen LogP contribution in [0.3, 0.4) is 0 Å². The highest BCUT2D eigenvalue weighted by molar-refractivity contribution is 8.00. The van der Waals surface area contributed by atoms with Crippen LogP contribution in [0.2, 0.25) is 0 Å². The lowest BCUT2D eigenvalue weighted by Crippen LogP contribution is -2.54. The van der Waals surface area contributed by atoms with Gasteiger partial charge in [-0.3, -0.25) is 34.4 Å². The first-order valence-corrected chi connectivity index (χ1v) is 27.9. The number of nitrogens with one attached hydrogen (secondary N) is 4. The molecule has 6 N–H and O–H groups in total. The largest absolute Gasteiger partial charge is 0.458 e. The van der Waals surface area contributed by atoms with E-state index in [1.807, 2.05) is 32.8 Å². The zero-order valence-electron chi connectivity index (χ0n) is 46.8. The maximum atomic E-state index is 13.9. The lowest BCUT2D eigenvalue weighted by molar-refractivity contribution is -0.172. The highest BCUT2D eigenvalue weighted by Gasteiger charge is 2.46. The molecule has 0 saturated heterocycles. The number of unbranched alkanes of at least 4 members (excludes halogenated alkanes) is 1. The van der Waals surface area contributed by atoms with Gasteiger partial charge in [-0.15, -0.1) is 5.10 Å². The Kier molecular flexibility index (Phi) is 22.0. The fraction of sp³-hybridized carbons (Fsp3) is 0.611. The third-order valence-corrected chi connectivity index (χ3v) is 16.3. The first kappa shape index (κ1) is 61.8. The summed E-state index contributed by atoms with van der Waals surface area (Å²) in [6.07, 6.45) is 10.6. The highest BCUT2D eigenvalue weighted by Crippen LogP contribution is 2.53. The van der Waals surface area contributed by atoms with Crippen LogP contribution in [0.4, 0.5) is 0 Å². The van der Waals surface area contributed by atoms with Crippen LogP contribution in [0.1, 0.15) is 116 Å². The van der Waals surface area contributed by atoms with Crippen molar-refractivity contribution in [3.63, 3.8) is 0 Å². The topological polar surface area (TPSA) is 299 Å². The van der Waals surface area contributed by atoms with Gasteiger partial charge in [0.25, 0.3) is 5.56 Å². The van der Waals surface area contributed by atoms with Gasteiger partial charge in [0.15, 0.2) is 10.8 Å². The van der Waals surface area contributed by atoms with Crippen LogP contribution in [0, 0.1) is 11.8 Å². The lowest BCUT2D eigenvalue weighted by atomic mass is 9.86. The van der Waals surface area contributed by atoms with Gasteiger partial charge in [-0.2, -0.15) is 4.79 Å². The van der Waals surface area contributed by atoms with Crippen LogP contribution in [-0.4, -0.2) is 168 Å². The van der Waals surface area contributed by atoms with Gasteiger partial charge in [0, 0.05) is 53.5 Å². The summed E-state index contributed by atoms with van der Waals surface area (Å²) in [7, 11) is 3.90. The Balaban J connectivity index is 0.978. The van der Waals surface area contributed by atoms with Crippen molar-refractivity contribution in [3.8, 4) is 11.3 Å². The molecule has 1 saturated carbocycles. The predicted octanol–water partition coefficient (Wildman–Crippen LogP) is 2.75. The van der Waals surface area contributed by atoms with Crippen molar-refractivity contribution in [2.45, 2.75) is 146 Å². The Hall–Kier alpha value is -6.38. The molecule has 0 spiro atoms. The fourth-order valence-corrected chi connectivity index (χ4v) is 11.0. The number of fused-ring (bicyclic) bond motifs is 2. The number of likely N-dealkylation sites (N-methyl/N-ethyl adjacent to an activating group) is 1. The summed E-state index contributed by atoms with van der Waals surface area (Å²) >= 11 is 1.75. The molecule has 1 aliphatic carbocycles. The number of pyridine rings is 1. The summed E-state index contributed by atoms with van der Waals surface area (Å²) < 4.78 is 17.8. The van der Waals surface area contributed by atoms with E-state index in [1.165, 1.54) is 27.1 Å². The van der Waals surface area contributed by atoms with Crippen molar-refractivity contribution >= 4 is 47.1 Å². The van der Waals surface area contributed by atoms with Gasteiger partial charge < -0.3 is 54.7 Å². The molecule has 79 heavy (non-hydrogen) atoms. The number of hydrogen-bond donors (Lipinski definition) is 6. The molecule has 5 heterocycles. The quantitative estimate of drug-likeness (QED) is 0.0172. The van der Waals surface area contributed by atoms with Crippen molar-refractivity contribution in [1.82, 2.24) is 55.4 Å². The third kappa shape index (κ3) is 15.7. The van der Waals surface area contributed by atoms with Gasteiger partial charge in [-0.1, -0.05) is 59.5 Å². The number of carbonyl (C=O) groups is 5. The molecule has 6 rings (SSSR count). The number of aliphatic hydroxyl groups is 2. The van der Waals surface area contributed by atoms with Gasteiger partial charge in [0.1, 0.15) is 44.5 Å².